The average Bonchev–Trinajstić information content (AvgIpc) is 2.71. The lowest BCUT2D eigenvalue weighted by molar-refractivity contribution is 0.913. The van der Waals surface area contributed by atoms with Crippen molar-refractivity contribution in [1.29, 1.82) is 0 Å². The topological polar surface area (TPSA) is 51.8 Å². The van der Waals surface area contributed by atoms with Crippen molar-refractivity contribution in [3.05, 3.63) is 35.6 Å². The molecule has 0 saturated heterocycles. The van der Waals surface area contributed by atoms with Crippen molar-refractivity contribution in [1.82, 2.24) is 9.97 Å². The van der Waals surface area contributed by atoms with E-state index in [4.69, 9.17) is 5.73 Å². The molecule has 0 bridgehead atoms. The van der Waals surface area contributed by atoms with Crippen LogP contribution in [0.4, 0.5) is 0 Å². The molecular formula is C9H9N3S. The van der Waals surface area contributed by atoms with Gasteiger partial charge in [0, 0.05) is 6.20 Å². The van der Waals surface area contributed by atoms with Gasteiger partial charge in [0.25, 0.3) is 0 Å². The van der Waals surface area contributed by atoms with Gasteiger partial charge in [-0.1, -0.05) is 6.07 Å². The number of thiophene rings is 1. The highest BCUT2D eigenvalue weighted by molar-refractivity contribution is 7.13. The van der Waals surface area contributed by atoms with E-state index in [9.17, 15) is 0 Å². The molecule has 0 aliphatic heterocycles. The summed E-state index contributed by atoms with van der Waals surface area (Å²) in [5.74, 6) is 0.686. The van der Waals surface area contributed by atoms with Gasteiger partial charge in [-0.2, -0.15) is 0 Å². The van der Waals surface area contributed by atoms with Crippen LogP contribution in [0.5, 0.6) is 0 Å². The Morgan fingerprint density at radius 2 is 2.31 bits per heavy atom. The maximum atomic E-state index is 5.45. The molecule has 13 heavy (non-hydrogen) atoms. The van der Waals surface area contributed by atoms with E-state index in [2.05, 4.69) is 9.97 Å². The molecule has 2 heterocycles. The minimum Gasteiger partial charge on any atom is -0.324 e. The quantitative estimate of drug-likeness (QED) is 0.785. The summed E-state index contributed by atoms with van der Waals surface area (Å²) in [7, 11) is 0. The monoisotopic (exact) mass is 191 g/mol. The highest BCUT2D eigenvalue weighted by atomic mass is 32.1. The first-order valence-electron chi connectivity index (χ1n) is 3.96. The molecule has 2 aromatic rings. The van der Waals surface area contributed by atoms with E-state index in [1.54, 1.807) is 17.5 Å². The van der Waals surface area contributed by atoms with Gasteiger partial charge in [-0.05, 0) is 17.5 Å². The molecule has 2 rings (SSSR count). The Labute approximate surface area is 80.3 Å². The second-order valence-electron chi connectivity index (χ2n) is 2.54. The number of nitrogens with two attached hydrogens (primary N) is 1. The maximum Gasteiger partial charge on any atom is 0.142 e. The minimum atomic E-state index is 0.388. The molecule has 0 atom stereocenters. The van der Waals surface area contributed by atoms with Crippen molar-refractivity contribution < 1.29 is 0 Å². The number of aromatic nitrogens is 2. The standard InChI is InChI=1S/C9H9N3S/c10-6-9-11-4-3-7(12-9)8-2-1-5-13-8/h1-5H,6,10H2. The second kappa shape index (κ2) is 3.64. The smallest absolute Gasteiger partial charge is 0.142 e. The third kappa shape index (κ3) is 1.74. The van der Waals surface area contributed by atoms with E-state index < -0.39 is 0 Å². The fourth-order valence-electron chi connectivity index (χ4n) is 1.06. The van der Waals surface area contributed by atoms with E-state index in [-0.39, 0.29) is 0 Å². The molecule has 2 aromatic heterocycles. The highest BCUT2D eigenvalue weighted by Gasteiger charge is 2.00. The molecule has 0 aliphatic carbocycles. The van der Waals surface area contributed by atoms with Crippen LogP contribution in [0.15, 0.2) is 29.8 Å². The molecule has 0 spiro atoms. The van der Waals surface area contributed by atoms with Crippen LogP contribution in [0.1, 0.15) is 5.82 Å². The molecule has 4 heteroatoms. The number of hydrogen-bond donors (Lipinski definition) is 1. The Hall–Kier alpha value is -1.26. The van der Waals surface area contributed by atoms with Crippen molar-refractivity contribution in [2.75, 3.05) is 0 Å². The van der Waals surface area contributed by atoms with Crippen molar-refractivity contribution >= 4 is 11.3 Å². The van der Waals surface area contributed by atoms with Crippen LogP contribution < -0.4 is 5.73 Å². The van der Waals surface area contributed by atoms with Crippen molar-refractivity contribution in [2.24, 2.45) is 5.73 Å². The Kier molecular flexibility index (Phi) is 2.33. The molecular weight excluding hydrogens is 182 g/mol. The Balaban J connectivity index is 2.41. The first-order valence-corrected chi connectivity index (χ1v) is 4.84. The largest absolute Gasteiger partial charge is 0.324 e. The van der Waals surface area contributed by atoms with Crippen LogP contribution in [0.3, 0.4) is 0 Å². The number of nitrogens with zero attached hydrogens (tertiary/aromatic N) is 2. The zero-order valence-corrected chi connectivity index (χ0v) is 7.79. The second-order valence-corrected chi connectivity index (χ2v) is 3.49. The zero-order chi connectivity index (χ0) is 9.10. The third-order valence-electron chi connectivity index (χ3n) is 1.66. The summed E-state index contributed by atoms with van der Waals surface area (Å²) in [4.78, 5) is 9.49. The number of hydrogen-bond acceptors (Lipinski definition) is 4. The average molecular weight is 191 g/mol. The minimum absolute atomic E-state index is 0.388. The maximum absolute atomic E-state index is 5.45. The molecule has 0 saturated carbocycles. The molecule has 0 aromatic carbocycles. The third-order valence-corrected chi connectivity index (χ3v) is 2.55. The van der Waals surface area contributed by atoms with Crippen molar-refractivity contribution in [3.8, 4) is 10.6 Å². The lowest BCUT2D eigenvalue weighted by Crippen LogP contribution is -2.02. The van der Waals surface area contributed by atoms with Crippen molar-refractivity contribution in [2.45, 2.75) is 6.54 Å². The molecule has 3 nitrogen and oxygen atoms in total. The van der Waals surface area contributed by atoms with Gasteiger partial charge in [-0.3, -0.25) is 0 Å². The molecule has 0 radical (unpaired) electrons. The summed E-state index contributed by atoms with van der Waals surface area (Å²) in [5, 5.41) is 2.03. The van der Waals surface area contributed by atoms with Crippen LogP contribution in [-0.2, 0) is 6.54 Å². The van der Waals surface area contributed by atoms with E-state index in [0.717, 1.165) is 10.6 Å². The van der Waals surface area contributed by atoms with Gasteiger partial charge in [0.05, 0.1) is 17.1 Å². The highest BCUT2D eigenvalue weighted by Crippen LogP contribution is 2.21. The van der Waals surface area contributed by atoms with Crippen LogP contribution >= 0.6 is 11.3 Å². The predicted octanol–water partition coefficient (Wildman–Crippen LogP) is 1.66. The summed E-state index contributed by atoms with van der Waals surface area (Å²) in [6, 6.07) is 5.93. The normalized spacial score (nSPS) is 10.2. The van der Waals surface area contributed by atoms with Gasteiger partial charge in [0.1, 0.15) is 5.82 Å². The van der Waals surface area contributed by atoms with E-state index in [0.29, 0.717) is 12.4 Å². The lowest BCUT2D eigenvalue weighted by Gasteiger charge is -1.98. The molecule has 0 aliphatic rings. The fourth-order valence-corrected chi connectivity index (χ4v) is 1.75. The van der Waals surface area contributed by atoms with Gasteiger partial charge in [0.15, 0.2) is 0 Å². The van der Waals surface area contributed by atoms with Gasteiger partial charge >= 0.3 is 0 Å². The van der Waals surface area contributed by atoms with E-state index >= 15 is 0 Å². The molecule has 0 unspecified atom stereocenters. The van der Waals surface area contributed by atoms with Crippen LogP contribution in [0, 0.1) is 0 Å². The van der Waals surface area contributed by atoms with Gasteiger partial charge in [-0.15, -0.1) is 11.3 Å². The molecule has 0 amide bonds. The van der Waals surface area contributed by atoms with E-state index in [1.165, 1.54) is 0 Å². The van der Waals surface area contributed by atoms with Gasteiger partial charge in [-0.25, -0.2) is 9.97 Å². The lowest BCUT2D eigenvalue weighted by atomic mass is 10.3. The molecule has 66 valence electrons. The van der Waals surface area contributed by atoms with E-state index in [1.807, 2.05) is 23.6 Å². The van der Waals surface area contributed by atoms with Crippen LogP contribution in [0.2, 0.25) is 0 Å². The van der Waals surface area contributed by atoms with Gasteiger partial charge < -0.3 is 5.73 Å². The first kappa shape index (κ1) is 8.34. The summed E-state index contributed by atoms with van der Waals surface area (Å²) in [6.45, 7) is 0.388. The van der Waals surface area contributed by atoms with Crippen LogP contribution in [-0.4, -0.2) is 9.97 Å². The van der Waals surface area contributed by atoms with Gasteiger partial charge in [0.2, 0.25) is 0 Å². The number of rotatable bonds is 2. The zero-order valence-electron chi connectivity index (χ0n) is 6.97. The van der Waals surface area contributed by atoms with Crippen molar-refractivity contribution in [3.63, 3.8) is 0 Å². The van der Waals surface area contributed by atoms with Crippen LogP contribution in [0.25, 0.3) is 10.6 Å². The predicted molar refractivity (Wildman–Crippen MR) is 53.2 cm³/mol. The summed E-state index contributed by atoms with van der Waals surface area (Å²) in [6.07, 6.45) is 1.74. The summed E-state index contributed by atoms with van der Waals surface area (Å²) >= 11 is 1.66. The Morgan fingerprint density at radius 3 is 3.00 bits per heavy atom. The fraction of sp³-hybridized carbons (Fsp3) is 0.111. The summed E-state index contributed by atoms with van der Waals surface area (Å²) in [5.41, 5.74) is 6.40. The molecule has 2 N–H and O–H groups in total. The molecule has 0 fully saturated rings. The SMILES string of the molecule is NCc1nccc(-c2cccs2)n1. The Morgan fingerprint density at radius 1 is 1.38 bits per heavy atom. The Bertz CT molecular complexity index is 384. The summed E-state index contributed by atoms with van der Waals surface area (Å²) < 4.78 is 0. The first-order chi connectivity index (χ1) is 6.40.